The number of carbonyl (C=O) groups is 3. The molecule has 2 aliphatic rings. The van der Waals surface area contributed by atoms with Crippen LogP contribution in [0.2, 0.25) is 0 Å². The van der Waals surface area contributed by atoms with E-state index in [4.69, 9.17) is 57.2 Å². The van der Waals surface area contributed by atoms with Gasteiger partial charge in [-0.25, -0.2) is 4.57 Å². The molecule has 0 aliphatic carbocycles. The van der Waals surface area contributed by atoms with Gasteiger partial charge in [0.1, 0.15) is 6.10 Å². The molecular weight excluding hydrogens is 719 g/mol. The first-order valence-electron chi connectivity index (χ1n) is 17.2. The zero-order chi connectivity index (χ0) is 37.7. The number of nitrogens with zero attached hydrogens (tertiary/aromatic N) is 1. The highest BCUT2D eigenvalue weighted by atomic mass is 31.2. The molecule has 2 heterocycles. The van der Waals surface area contributed by atoms with Crippen LogP contribution >= 0.6 is 7.82 Å². The molecule has 302 valence electrons. The molecule has 1 fully saturated rings. The van der Waals surface area contributed by atoms with E-state index in [1.165, 1.54) is 12.2 Å². The molecule has 0 spiro atoms. The van der Waals surface area contributed by atoms with Crippen molar-refractivity contribution in [1.29, 1.82) is 0 Å². The summed E-state index contributed by atoms with van der Waals surface area (Å²) in [4.78, 5) is 53.3. The first kappa shape index (κ1) is 46.2. The second kappa shape index (κ2) is 29.4. The monoisotopic (exact) mass is 774 g/mol. The van der Waals surface area contributed by atoms with Crippen molar-refractivity contribution in [2.75, 3.05) is 132 Å². The van der Waals surface area contributed by atoms with Gasteiger partial charge in [0.15, 0.2) is 6.29 Å². The lowest BCUT2D eigenvalue weighted by molar-refractivity contribution is -0.247. The van der Waals surface area contributed by atoms with E-state index in [2.05, 4.69) is 9.84 Å². The standard InChI is InChI=1S/C31H55N2O18P/c34-27-2-1-26(25-50-52(38,39)40)51-31(27)49-24-23-48-22-21-47-20-19-46-18-17-45-16-15-44-14-13-43-12-11-42-10-9-41-8-6-32-28(35)5-7-33-29(36)3-4-30(33)37/h3-4,26-27,31,34H,1-2,5-25H2,(H,32,35)(H2,38,39,40). The van der Waals surface area contributed by atoms with Gasteiger partial charge in [-0.15, -0.1) is 0 Å². The number of phosphoric ester groups is 1. The van der Waals surface area contributed by atoms with Gasteiger partial charge in [-0.05, 0) is 12.8 Å². The highest BCUT2D eigenvalue weighted by Gasteiger charge is 2.32. The molecule has 2 rings (SSSR count). The maximum absolute atomic E-state index is 11.8. The molecule has 4 N–H and O–H groups in total. The van der Waals surface area contributed by atoms with Crippen LogP contribution in [0.3, 0.4) is 0 Å². The van der Waals surface area contributed by atoms with Crippen LogP contribution in [0.1, 0.15) is 19.3 Å². The minimum absolute atomic E-state index is 0.0403. The van der Waals surface area contributed by atoms with Gasteiger partial charge in [0.05, 0.1) is 125 Å². The predicted molar refractivity (Wildman–Crippen MR) is 178 cm³/mol. The molecule has 0 saturated carbocycles. The van der Waals surface area contributed by atoms with Crippen molar-refractivity contribution in [3.63, 3.8) is 0 Å². The molecule has 0 aromatic heterocycles. The third-order valence-electron chi connectivity index (χ3n) is 7.00. The number of hydrogen-bond acceptors (Lipinski definition) is 16. The Kier molecular flexibility index (Phi) is 26.1. The Bertz CT molecular complexity index is 1030. The van der Waals surface area contributed by atoms with E-state index in [1.807, 2.05) is 0 Å². The summed E-state index contributed by atoms with van der Waals surface area (Å²) in [7, 11) is -4.59. The first-order valence-corrected chi connectivity index (χ1v) is 18.8. The topological polar surface area (TPSA) is 246 Å². The van der Waals surface area contributed by atoms with Crippen molar-refractivity contribution in [1.82, 2.24) is 10.2 Å². The van der Waals surface area contributed by atoms with Crippen molar-refractivity contribution >= 4 is 25.5 Å². The molecule has 3 atom stereocenters. The van der Waals surface area contributed by atoms with Crippen LogP contribution in [0.15, 0.2) is 12.2 Å². The van der Waals surface area contributed by atoms with Crippen molar-refractivity contribution in [3.8, 4) is 0 Å². The Hall–Kier alpha value is -1.98. The van der Waals surface area contributed by atoms with Crippen LogP contribution in [0.4, 0.5) is 0 Å². The van der Waals surface area contributed by atoms with Gasteiger partial charge < -0.3 is 67.6 Å². The van der Waals surface area contributed by atoms with Crippen molar-refractivity contribution in [3.05, 3.63) is 12.2 Å². The summed E-state index contributed by atoms with van der Waals surface area (Å²) in [6.45, 7) is 6.51. The lowest BCUT2D eigenvalue weighted by atomic mass is 10.1. The smallest absolute Gasteiger partial charge is 0.388 e. The van der Waals surface area contributed by atoms with Crippen LogP contribution in [0.25, 0.3) is 0 Å². The first-order chi connectivity index (χ1) is 25.2. The quantitative estimate of drug-likeness (QED) is 0.0332. The second-order valence-electron chi connectivity index (χ2n) is 11.1. The van der Waals surface area contributed by atoms with Gasteiger partial charge in [0.25, 0.3) is 11.8 Å². The Labute approximate surface area is 303 Å². The fraction of sp³-hybridized carbons (Fsp3) is 0.839. The number of rotatable bonds is 34. The van der Waals surface area contributed by atoms with Crippen LogP contribution < -0.4 is 5.32 Å². The van der Waals surface area contributed by atoms with Gasteiger partial charge in [-0.1, -0.05) is 0 Å². The van der Waals surface area contributed by atoms with E-state index in [1.54, 1.807) is 0 Å². The largest absolute Gasteiger partial charge is 0.469 e. The number of nitrogens with one attached hydrogen (secondary N) is 1. The molecular formula is C31H55N2O18P. The van der Waals surface area contributed by atoms with E-state index in [-0.39, 0.29) is 38.7 Å². The van der Waals surface area contributed by atoms with E-state index < -0.39 is 38.1 Å². The van der Waals surface area contributed by atoms with E-state index in [9.17, 15) is 24.1 Å². The summed E-state index contributed by atoms with van der Waals surface area (Å²) in [5.74, 6) is -1.08. The lowest BCUT2D eigenvalue weighted by Crippen LogP contribution is -2.42. The van der Waals surface area contributed by atoms with Crippen LogP contribution in [0.5, 0.6) is 0 Å². The molecule has 0 aromatic rings. The Balaban J connectivity index is 1.20. The Morgan fingerprint density at radius 1 is 0.712 bits per heavy atom. The molecule has 3 amide bonds. The number of ether oxygens (including phenoxy) is 10. The highest BCUT2D eigenvalue weighted by molar-refractivity contribution is 7.46. The molecule has 21 heteroatoms. The Morgan fingerprint density at radius 3 is 1.58 bits per heavy atom. The average molecular weight is 775 g/mol. The third kappa shape index (κ3) is 24.4. The fourth-order valence-electron chi connectivity index (χ4n) is 4.37. The van der Waals surface area contributed by atoms with Crippen molar-refractivity contribution in [2.24, 2.45) is 0 Å². The summed E-state index contributed by atoms with van der Waals surface area (Å²) in [5.41, 5.74) is 0. The molecule has 52 heavy (non-hydrogen) atoms. The number of aliphatic hydroxyl groups excluding tert-OH is 1. The predicted octanol–water partition coefficient (Wildman–Crippen LogP) is -1.46. The molecule has 3 unspecified atom stereocenters. The number of amides is 3. The number of aliphatic hydroxyl groups is 1. The lowest BCUT2D eigenvalue weighted by Gasteiger charge is -2.33. The average Bonchev–Trinajstić information content (AvgIpc) is 3.44. The summed E-state index contributed by atoms with van der Waals surface area (Å²) in [6, 6.07) is 0. The summed E-state index contributed by atoms with van der Waals surface area (Å²) < 4.78 is 69.7. The molecule has 0 radical (unpaired) electrons. The zero-order valence-electron chi connectivity index (χ0n) is 29.5. The molecule has 0 bridgehead atoms. The molecule has 2 aliphatic heterocycles. The maximum Gasteiger partial charge on any atom is 0.469 e. The number of hydrogen-bond donors (Lipinski definition) is 4. The van der Waals surface area contributed by atoms with Gasteiger partial charge in [-0.2, -0.15) is 0 Å². The number of imide groups is 1. The zero-order valence-corrected chi connectivity index (χ0v) is 30.4. The van der Waals surface area contributed by atoms with Gasteiger partial charge in [0, 0.05) is 31.7 Å². The maximum atomic E-state index is 11.8. The summed E-state index contributed by atoms with van der Waals surface area (Å²) in [5, 5.41) is 12.7. The normalized spacial score (nSPS) is 19.2. The highest BCUT2D eigenvalue weighted by Crippen LogP contribution is 2.36. The SMILES string of the molecule is O=C(CCN1C(=O)C=CC1=O)NCCOCCOCCOCCOCCOCCOCCOCCOCCOC1OC(COP(=O)(O)O)CCC1O. The minimum atomic E-state index is -4.59. The summed E-state index contributed by atoms with van der Waals surface area (Å²) in [6.07, 6.45) is 0.810. The van der Waals surface area contributed by atoms with Crippen LogP contribution in [-0.4, -0.2) is 188 Å². The molecule has 20 nitrogen and oxygen atoms in total. The number of phosphoric acid groups is 1. The second-order valence-corrected chi connectivity index (χ2v) is 12.3. The number of carbonyl (C=O) groups excluding carboxylic acids is 3. The Morgan fingerprint density at radius 2 is 1.13 bits per heavy atom. The molecule has 0 aromatic carbocycles. The van der Waals surface area contributed by atoms with E-state index in [0.29, 0.717) is 118 Å². The summed E-state index contributed by atoms with van der Waals surface area (Å²) >= 11 is 0. The third-order valence-corrected chi connectivity index (χ3v) is 7.48. The van der Waals surface area contributed by atoms with Crippen molar-refractivity contribution < 1.29 is 85.7 Å². The van der Waals surface area contributed by atoms with E-state index in [0.717, 1.165) is 4.90 Å². The molecule has 1 saturated heterocycles. The van der Waals surface area contributed by atoms with Gasteiger partial charge in [-0.3, -0.25) is 23.8 Å². The minimum Gasteiger partial charge on any atom is -0.388 e. The fourth-order valence-corrected chi connectivity index (χ4v) is 4.74. The van der Waals surface area contributed by atoms with E-state index >= 15 is 0 Å². The van der Waals surface area contributed by atoms with Crippen LogP contribution in [0, 0.1) is 0 Å². The van der Waals surface area contributed by atoms with Crippen LogP contribution in [-0.2, 0) is 70.8 Å². The van der Waals surface area contributed by atoms with Gasteiger partial charge >= 0.3 is 7.82 Å². The van der Waals surface area contributed by atoms with Gasteiger partial charge in [0.2, 0.25) is 5.91 Å². The van der Waals surface area contributed by atoms with Crippen molar-refractivity contribution in [2.45, 2.75) is 37.8 Å².